The third-order valence-corrected chi connectivity index (χ3v) is 7.87. The number of thioether (sulfide) groups is 1. The van der Waals surface area contributed by atoms with Crippen molar-refractivity contribution in [3.63, 3.8) is 0 Å². The van der Waals surface area contributed by atoms with Gasteiger partial charge in [0, 0.05) is 51.2 Å². The maximum absolute atomic E-state index is 12.1. The van der Waals surface area contributed by atoms with E-state index in [0.717, 1.165) is 33.5 Å². The second-order valence-corrected chi connectivity index (χ2v) is 13.5. The van der Waals surface area contributed by atoms with Gasteiger partial charge in [0.25, 0.3) is 0 Å². The number of aromatic nitrogens is 2. The number of pyridine rings is 1. The Kier molecular flexibility index (Phi) is 7.81. The van der Waals surface area contributed by atoms with E-state index < -0.39 is 11.4 Å². The molecule has 1 aliphatic heterocycles. The summed E-state index contributed by atoms with van der Waals surface area (Å²) in [6.45, 7) is 10.9. The largest absolute Gasteiger partial charge is 0.481 e. The van der Waals surface area contributed by atoms with E-state index in [-0.39, 0.29) is 16.7 Å². The van der Waals surface area contributed by atoms with Crippen LogP contribution in [-0.2, 0) is 22.6 Å². The minimum absolute atomic E-state index is 0.0187. The number of amides is 1. The van der Waals surface area contributed by atoms with Gasteiger partial charge in [-0.1, -0.05) is 44.5 Å². The third-order valence-electron chi connectivity index (χ3n) is 6.35. The Morgan fingerprint density at radius 2 is 1.95 bits per heavy atom. The summed E-state index contributed by atoms with van der Waals surface area (Å²) in [4.78, 5) is 29.3. The van der Waals surface area contributed by atoms with E-state index in [1.54, 1.807) is 31.8 Å². The molecule has 3 aromatic rings. The van der Waals surface area contributed by atoms with Crippen LogP contribution in [0.4, 0.5) is 0 Å². The van der Waals surface area contributed by atoms with Crippen molar-refractivity contribution < 1.29 is 19.4 Å². The Morgan fingerprint density at radius 3 is 2.54 bits per heavy atom. The van der Waals surface area contributed by atoms with Crippen molar-refractivity contribution in [2.24, 2.45) is 5.41 Å². The van der Waals surface area contributed by atoms with Crippen molar-refractivity contribution in [3.05, 3.63) is 52.8 Å². The summed E-state index contributed by atoms with van der Waals surface area (Å²) in [7, 11) is 0. The average molecular weight is 544 g/mol. The fourth-order valence-electron chi connectivity index (χ4n) is 4.36. The molecule has 37 heavy (non-hydrogen) atoms. The smallest absolute Gasteiger partial charge is 0.309 e. The molecule has 1 fully saturated rings. The Bertz CT molecular complexity index is 1310. The fraction of sp³-hybridized carbons (Fsp3) is 0.464. The molecule has 0 spiro atoms. The second-order valence-electron chi connectivity index (χ2n) is 11.2. The molecule has 3 heterocycles. The molecule has 1 atom stereocenters. The van der Waals surface area contributed by atoms with Crippen molar-refractivity contribution >= 4 is 46.1 Å². The highest BCUT2D eigenvalue weighted by atomic mass is 35.5. The highest BCUT2D eigenvalue weighted by Crippen LogP contribution is 2.44. The summed E-state index contributed by atoms with van der Waals surface area (Å²) >= 11 is 7.84. The molecule has 1 aromatic carbocycles. The number of ether oxygens (including phenoxy) is 1. The molecule has 0 bridgehead atoms. The van der Waals surface area contributed by atoms with Crippen LogP contribution in [0.5, 0.6) is 5.88 Å². The minimum atomic E-state index is -0.966. The van der Waals surface area contributed by atoms with E-state index in [2.05, 4.69) is 35.6 Å². The molecule has 1 unspecified atom stereocenters. The van der Waals surface area contributed by atoms with Crippen LogP contribution >= 0.6 is 23.4 Å². The number of hydrogen-bond donors (Lipinski definition) is 2. The van der Waals surface area contributed by atoms with Gasteiger partial charge in [0.2, 0.25) is 11.8 Å². The van der Waals surface area contributed by atoms with Gasteiger partial charge in [-0.3, -0.25) is 9.59 Å². The van der Waals surface area contributed by atoms with Crippen LogP contribution in [0, 0.1) is 5.41 Å². The summed E-state index contributed by atoms with van der Waals surface area (Å²) in [5.41, 5.74) is 1.96. The Balaban J connectivity index is 1.82. The molecular weight excluding hydrogens is 510 g/mol. The monoisotopic (exact) mass is 543 g/mol. The summed E-state index contributed by atoms with van der Waals surface area (Å²) in [6, 6.07) is 9.61. The number of nitrogens with one attached hydrogen (secondary N) is 1. The van der Waals surface area contributed by atoms with E-state index in [0.29, 0.717) is 36.9 Å². The van der Waals surface area contributed by atoms with E-state index in [4.69, 9.17) is 16.3 Å². The van der Waals surface area contributed by atoms with Crippen LogP contribution in [0.15, 0.2) is 41.4 Å². The van der Waals surface area contributed by atoms with Gasteiger partial charge in [0.1, 0.15) is 6.61 Å². The van der Waals surface area contributed by atoms with Crippen LogP contribution in [0.25, 0.3) is 10.9 Å². The van der Waals surface area contributed by atoms with Gasteiger partial charge in [0.15, 0.2) is 0 Å². The molecule has 0 aliphatic carbocycles. The van der Waals surface area contributed by atoms with Crippen molar-refractivity contribution in [3.8, 4) is 5.88 Å². The molecule has 1 saturated heterocycles. The Hall–Kier alpha value is -2.71. The van der Waals surface area contributed by atoms with Crippen LogP contribution in [-0.4, -0.2) is 43.9 Å². The number of fused-ring (bicyclic) bond motifs is 1. The number of hydrogen-bond acceptors (Lipinski definition) is 5. The summed E-state index contributed by atoms with van der Waals surface area (Å²) in [6.07, 6.45) is 3.42. The van der Waals surface area contributed by atoms with Crippen molar-refractivity contribution in [2.75, 3.05) is 6.61 Å². The van der Waals surface area contributed by atoms with E-state index in [9.17, 15) is 14.7 Å². The predicted molar refractivity (Wildman–Crippen MR) is 148 cm³/mol. The second kappa shape index (κ2) is 10.6. The zero-order valence-electron chi connectivity index (χ0n) is 21.9. The summed E-state index contributed by atoms with van der Waals surface area (Å²) in [5, 5.41) is 14.5. The number of benzene rings is 1. The Labute approximate surface area is 226 Å². The Morgan fingerprint density at radius 1 is 1.24 bits per heavy atom. The van der Waals surface area contributed by atoms with Gasteiger partial charge in [-0.2, -0.15) is 0 Å². The predicted octanol–water partition coefficient (Wildman–Crippen LogP) is 5.94. The summed E-state index contributed by atoms with van der Waals surface area (Å²) < 4.78 is 8.06. The van der Waals surface area contributed by atoms with Crippen LogP contribution < -0.4 is 10.1 Å². The first-order valence-electron chi connectivity index (χ1n) is 12.4. The van der Waals surface area contributed by atoms with E-state index >= 15 is 0 Å². The van der Waals surface area contributed by atoms with Crippen molar-refractivity contribution in [1.29, 1.82) is 0 Å². The van der Waals surface area contributed by atoms with Crippen molar-refractivity contribution in [2.45, 2.75) is 76.1 Å². The molecule has 4 rings (SSSR count). The highest BCUT2D eigenvalue weighted by molar-refractivity contribution is 8.00. The van der Waals surface area contributed by atoms with Gasteiger partial charge in [-0.25, -0.2) is 4.98 Å². The first-order valence-corrected chi connectivity index (χ1v) is 13.6. The van der Waals surface area contributed by atoms with Gasteiger partial charge in [0.05, 0.1) is 23.2 Å². The molecule has 7 nitrogen and oxygen atoms in total. The lowest BCUT2D eigenvalue weighted by molar-refractivity contribution is -0.146. The topological polar surface area (TPSA) is 93.4 Å². The number of nitrogens with zero attached hydrogens (tertiary/aromatic N) is 2. The molecule has 1 aliphatic rings. The molecule has 1 amide bonds. The van der Waals surface area contributed by atoms with E-state index in [1.807, 2.05) is 30.3 Å². The zero-order chi connectivity index (χ0) is 27.0. The molecule has 0 saturated carbocycles. The molecule has 0 radical (unpaired) electrons. The number of rotatable bonds is 9. The lowest BCUT2D eigenvalue weighted by Gasteiger charge is -2.24. The number of carboxylic acid groups (broad SMARTS) is 1. The number of aliphatic carboxylic acids is 1. The first-order chi connectivity index (χ1) is 17.3. The van der Waals surface area contributed by atoms with Crippen molar-refractivity contribution in [1.82, 2.24) is 14.9 Å². The lowest BCUT2D eigenvalue weighted by Crippen LogP contribution is -2.30. The van der Waals surface area contributed by atoms with Gasteiger partial charge in [-0.05, 0) is 38.0 Å². The molecular formula is C28H34ClN3O4S. The molecule has 198 valence electrons. The number of carbonyl (C=O) groups is 2. The van der Waals surface area contributed by atoms with E-state index in [1.165, 1.54) is 0 Å². The average Bonchev–Trinajstić information content (AvgIpc) is 3.34. The minimum Gasteiger partial charge on any atom is -0.481 e. The normalized spacial score (nSPS) is 16.3. The molecule has 2 aromatic heterocycles. The SMILES string of the molecule is CC(C)(C)Sc1c(CC(C)(C)C(=O)O)n(Cc2ccc(Cl)cc2)c2cnc(OCC3CCC(=O)N3)cc12. The van der Waals surface area contributed by atoms with Crippen LogP contribution in [0.1, 0.15) is 58.7 Å². The maximum atomic E-state index is 12.1. The number of carbonyl (C=O) groups excluding carboxylic acids is 1. The third kappa shape index (κ3) is 6.60. The lowest BCUT2D eigenvalue weighted by atomic mass is 9.88. The van der Waals surface area contributed by atoms with Crippen LogP contribution in [0.3, 0.4) is 0 Å². The van der Waals surface area contributed by atoms with Crippen LogP contribution in [0.2, 0.25) is 5.02 Å². The van der Waals surface area contributed by atoms with Gasteiger partial charge >= 0.3 is 5.97 Å². The molecule has 9 heteroatoms. The highest BCUT2D eigenvalue weighted by Gasteiger charge is 2.33. The van der Waals surface area contributed by atoms with Gasteiger partial charge in [-0.15, -0.1) is 11.8 Å². The number of halogens is 1. The van der Waals surface area contributed by atoms with Gasteiger partial charge < -0.3 is 19.7 Å². The first kappa shape index (κ1) is 27.3. The number of carboxylic acids is 1. The zero-order valence-corrected chi connectivity index (χ0v) is 23.5. The maximum Gasteiger partial charge on any atom is 0.309 e. The standard InChI is InChI=1S/C28H34ClN3O4S/c1-27(2,3)37-25-20-12-24(36-16-19-10-11-23(33)31-19)30-14-22(20)32(15-17-6-8-18(29)9-7-17)21(25)13-28(4,5)26(34)35/h6-9,12,14,19H,10-11,13,15-16H2,1-5H3,(H,31,33)(H,34,35). The molecule has 2 N–H and O–H groups in total. The fourth-order valence-corrected chi connectivity index (χ4v) is 5.67. The summed E-state index contributed by atoms with van der Waals surface area (Å²) in [5.74, 6) is -0.314. The quantitative estimate of drug-likeness (QED) is 0.324.